The molecule has 106 valence electrons. The van der Waals surface area contributed by atoms with E-state index in [1.54, 1.807) is 6.20 Å². The van der Waals surface area contributed by atoms with Gasteiger partial charge in [0.1, 0.15) is 5.75 Å². The van der Waals surface area contributed by atoms with Gasteiger partial charge in [0, 0.05) is 6.20 Å². The molecule has 0 saturated carbocycles. The molecule has 1 aliphatic heterocycles. The molecule has 0 bridgehead atoms. The predicted octanol–water partition coefficient (Wildman–Crippen LogP) is 2.70. The monoisotopic (exact) mass is 264 g/mol. The summed E-state index contributed by atoms with van der Waals surface area (Å²) in [6, 6.07) is 2.25. The highest BCUT2D eigenvalue weighted by atomic mass is 16.5. The molecule has 1 aromatic heterocycles. The maximum Gasteiger partial charge on any atom is 0.137 e. The largest absolute Gasteiger partial charge is 0.492 e. The van der Waals surface area contributed by atoms with Crippen molar-refractivity contribution >= 4 is 0 Å². The third kappa shape index (κ3) is 3.67. The summed E-state index contributed by atoms with van der Waals surface area (Å²) in [6.07, 6.45) is 7.46. The topological polar surface area (TPSA) is 43.4 Å². The predicted molar refractivity (Wildman–Crippen MR) is 75.4 cm³/mol. The molecule has 3 atom stereocenters. The molecular formula is C15H24N2O2. The van der Waals surface area contributed by atoms with Crippen molar-refractivity contribution in [2.24, 2.45) is 0 Å². The lowest BCUT2D eigenvalue weighted by molar-refractivity contribution is 0.0332. The summed E-state index contributed by atoms with van der Waals surface area (Å²) in [5, 5.41) is 3.34. The molecule has 1 aliphatic rings. The first-order valence-corrected chi connectivity index (χ1v) is 7.15. The van der Waals surface area contributed by atoms with Gasteiger partial charge in [-0.15, -0.1) is 0 Å². The van der Waals surface area contributed by atoms with E-state index in [2.05, 4.69) is 30.2 Å². The van der Waals surface area contributed by atoms with E-state index in [0.717, 1.165) is 37.2 Å². The summed E-state index contributed by atoms with van der Waals surface area (Å²) in [5.74, 6) is 0.839. The van der Waals surface area contributed by atoms with Crippen molar-refractivity contribution in [3.63, 3.8) is 0 Å². The summed E-state index contributed by atoms with van der Waals surface area (Å²) in [5.41, 5.74) is 1.13. The van der Waals surface area contributed by atoms with E-state index in [4.69, 9.17) is 9.47 Å². The Morgan fingerprint density at radius 2 is 2.32 bits per heavy atom. The smallest absolute Gasteiger partial charge is 0.137 e. The van der Waals surface area contributed by atoms with Crippen molar-refractivity contribution in [2.75, 3.05) is 13.7 Å². The van der Waals surface area contributed by atoms with E-state index in [1.165, 1.54) is 0 Å². The maximum atomic E-state index is 5.96. The summed E-state index contributed by atoms with van der Waals surface area (Å²) in [7, 11) is 1.97. The van der Waals surface area contributed by atoms with Gasteiger partial charge in [-0.05, 0) is 44.9 Å². The molecule has 1 fully saturated rings. The first kappa shape index (κ1) is 14.3. The van der Waals surface area contributed by atoms with E-state index in [-0.39, 0.29) is 12.1 Å². The zero-order valence-corrected chi connectivity index (χ0v) is 12.1. The SMILES string of the molecule is CCCOc1cncc(C(NC)C2CCC(C)O2)c1. The van der Waals surface area contributed by atoms with Crippen molar-refractivity contribution in [1.82, 2.24) is 10.3 Å². The van der Waals surface area contributed by atoms with E-state index in [0.29, 0.717) is 6.10 Å². The molecular weight excluding hydrogens is 240 g/mol. The quantitative estimate of drug-likeness (QED) is 0.858. The Balaban J connectivity index is 2.09. The molecule has 0 radical (unpaired) electrons. The number of hydrogen-bond donors (Lipinski definition) is 1. The number of ether oxygens (including phenoxy) is 2. The van der Waals surface area contributed by atoms with Crippen LogP contribution >= 0.6 is 0 Å². The number of nitrogens with zero attached hydrogens (tertiary/aromatic N) is 1. The van der Waals surface area contributed by atoms with E-state index >= 15 is 0 Å². The minimum absolute atomic E-state index is 0.183. The van der Waals surface area contributed by atoms with Crippen molar-refractivity contribution in [3.8, 4) is 5.75 Å². The summed E-state index contributed by atoms with van der Waals surface area (Å²) >= 11 is 0. The minimum Gasteiger partial charge on any atom is -0.492 e. The van der Waals surface area contributed by atoms with Crippen LogP contribution in [-0.4, -0.2) is 30.8 Å². The molecule has 2 heterocycles. The second kappa shape index (κ2) is 6.87. The van der Waals surface area contributed by atoms with Gasteiger partial charge in [0.05, 0.1) is 31.1 Å². The van der Waals surface area contributed by atoms with Crippen molar-refractivity contribution in [3.05, 3.63) is 24.0 Å². The Morgan fingerprint density at radius 1 is 1.47 bits per heavy atom. The summed E-state index contributed by atoms with van der Waals surface area (Å²) in [4.78, 5) is 4.28. The fourth-order valence-electron chi connectivity index (χ4n) is 2.55. The molecule has 4 heteroatoms. The molecule has 1 saturated heterocycles. The number of likely N-dealkylation sites (N-methyl/N-ethyl adjacent to an activating group) is 1. The second-order valence-electron chi connectivity index (χ2n) is 5.13. The van der Waals surface area contributed by atoms with Crippen LogP contribution in [0.4, 0.5) is 0 Å². The van der Waals surface area contributed by atoms with Gasteiger partial charge < -0.3 is 14.8 Å². The number of hydrogen-bond acceptors (Lipinski definition) is 4. The molecule has 0 aliphatic carbocycles. The van der Waals surface area contributed by atoms with Crippen molar-refractivity contribution in [2.45, 2.75) is 51.4 Å². The van der Waals surface area contributed by atoms with Crippen molar-refractivity contribution < 1.29 is 9.47 Å². The highest BCUT2D eigenvalue weighted by molar-refractivity contribution is 5.27. The zero-order chi connectivity index (χ0) is 13.7. The van der Waals surface area contributed by atoms with Gasteiger partial charge in [0.15, 0.2) is 0 Å². The Labute approximate surface area is 115 Å². The molecule has 0 amide bonds. The lowest BCUT2D eigenvalue weighted by atomic mass is 10.0. The van der Waals surface area contributed by atoms with E-state index in [9.17, 15) is 0 Å². The van der Waals surface area contributed by atoms with Gasteiger partial charge in [0.25, 0.3) is 0 Å². The maximum absolute atomic E-state index is 5.96. The number of rotatable bonds is 6. The first-order chi connectivity index (χ1) is 9.24. The second-order valence-corrected chi connectivity index (χ2v) is 5.13. The Morgan fingerprint density at radius 3 is 2.95 bits per heavy atom. The van der Waals surface area contributed by atoms with Crippen molar-refractivity contribution in [1.29, 1.82) is 0 Å². The number of pyridine rings is 1. The third-order valence-corrected chi connectivity index (χ3v) is 3.51. The lowest BCUT2D eigenvalue weighted by Gasteiger charge is -2.23. The zero-order valence-electron chi connectivity index (χ0n) is 12.1. The average Bonchev–Trinajstić information content (AvgIpc) is 2.84. The highest BCUT2D eigenvalue weighted by Crippen LogP contribution is 2.30. The Bertz CT molecular complexity index is 397. The summed E-state index contributed by atoms with van der Waals surface area (Å²) < 4.78 is 11.6. The van der Waals surface area contributed by atoms with Crippen LogP contribution in [0.25, 0.3) is 0 Å². The Hall–Kier alpha value is -1.13. The number of aromatic nitrogens is 1. The third-order valence-electron chi connectivity index (χ3n) is 3.51. The van der Waals surface area contributed by atoms with Crippen LogP contribution in [0.2, 0.25) is 0 Å². The molecule has 1 aromatic rings. The van der Waals surface area contributed by atoms with Crippen LogP contribution in [0.5, 0.6) is 5.75 Å². The van der Waals surface area contributed by atoms with Crippen LogP contribution in [0.3, 0.4) is 0 Å². The normalized spacial score (nSPS) is 24.4. The highest BCUT2D eigenvalue weighted by Gasteiger charge is 2.30. The van der Waals surface area contributed by atoms with Crippen LogP contribution in [0.1, 0.15) is 44.7 Å². The Kier molecular flexibility index (Phi) is 5.16. The molecule has 3 unspecified atom stereocenters. The van der Waals surface area contributed by atoms with Crippen LogP contribution in [0.15, 0.2) is 18.5 Å². The first-order valence-electron chi connectivity index (χ1n) is 7.15. The fourth-order valence-corrected chi connectivity index (χ4v) is 2.55. The molecule has 19 heavy (non-hydrogen) atoms. The van der Waals surface area contributed by atoms with Gasteiger partial charge in [-0.3, -0.25) is 4.98 Å². The van der Waals surface area contributed by atoms with Gasteiger partial charge in [-0.2, -0.15) is 0 Å². The fraction of sp³-hybridized carbons (Fsp3) is 0.667. The van der Waals surface area contributed by atoms with Crippen LogP contribution < -0.4 is 10.1 Å². The molecule has 4 nitrogen and oxygen atoms in total. The van der Waals surface area contributed by atoms with Gasteiger partial charge in [-0.1, -0.05) is 6.92 Å². The van der Waals surface area contributed by atoms with E-state index < -0.39 is 0 Å². The minimum atomic E-state index is 0.183. The molecule has 1 N–H and O–H groups in total. The number of nitrogens with one attached hydrogen (secondary N) is 1. The van der Waals surface area contributed by atoms with Crippen LogP contribution in [0, 0.1) is 0 Å². The molecule has 0 aromatic carbocycles. The van der Waals surface area contributed by atoms with Gasteiger partial charge in [0.2, 0.25) is 0 Å². The van der Waals surface area contributed by atoms with E-state index in [1.807, 2.05) is 13.2 Å². The average molecular weight is 264 g/mol. The molecule has 0 spiro atoms. The molecule has 2 rings (SSSR count). The van der Waals surface area contributed by atoms with Crippen LogP contribution in [-0.2, 0) is 4.74 Å². The standard InChI is InChI=1S/C15H24N2O2/c1-4-7-18-13-8-12(9-17-10-13)15(16-3)14-6-5-11(2)19-14/h8-11,14-16H,4-7H2,1-3H3. The lowest BCUT2D eigenvalue weighted by Crippen LogP contribution is -2.29. The van der Waals surface area contributed by atoms with Gasteiger partial charge >= 0.3 is 0 Å². The van der Waals surface area contributed by atoms with Gasteiger partial charge in [-0.25, -0.2) is 0 Å². The summed E-state index contributed by atoms with van der Waals surface area (Å²) in [6.45, 7) is 4.96.